The lowest BCUT2D eigenvalue weighted by molar-refractivity contribution is -0.146. The Bertz CT molecular complexity index is 102. The van der Waals surface area contributed by atoms with Gasteiger partial charge in [-0.25, -0.2) is 4.79 Å². The minimum Gasteiger partial charge on any atom is -0.479 e. The zero-order valence-corrected chi connectivity index (χ0v) is 7.10. The first-order valence-corrected chi connectivity index (χ1v) is 3.72. The van der Waals surface area contributed by atoms with Crippen LogP contribution in [0, 0.1) is 0 Å². The molecular formula is C7H16O5. The molecule has 0 aliphatic carbocycles. The first-order chi connectivity index (χ1) is 5.59. The molecule has 1 atom stereocenters. The summed E-state index contributed by atoms with van der Waals surface area (Å²) < 4.78 is 0. The molecule has 0 aromatic heterocycles. The van der Waals surface area contributed by atoms with E-state index in [0.717, 1.165) is 0 Å². The SMILES string of the molecule is CCCC(O)C(=O)O.OCCO. The lowest BCUT2D eigenvalue weighted by Gasteiger charge is -1.99. The van der Waals surface area contributed by atoms with Gasteiger partial charge < -0.3 is 20.4 Å². The standard InChI is InChI=1S/C5H10O3.C2H6O2/c1-2-3-4(6)5(7)8;3-1-2-4/h4,6H,2-3H2,1H3,(H,7,8);3-4H,1-2H2. The van der Waals surface area contributed by atoms with E-state index in [4.69, 9.17) is 20.4 Å². The van der Waals surface area contributed by atoms with Crippen molar-refractivity contribution in [3.8, 4) is 0 Å². The second-order valence-corrected chi connectivity index (χ2v) is 2.09. The molecule has 0 aromatic rings. The molecule has 12 heavy (non-hydrogen) atoms. The molecule has 0 fully saturated rings. The topological polar surface area (TPSA) is 98.0 Å². The fraction of sp³-hybridized carbons (Fsp3) is 0.857. The zero-order valence-electron chi connectivity index (χ0n) is 7.10. The smallest absolute Gasteiger partial charge is 0.332 e. The average Bonchev–Trinajstić information content (AvgIpc) is 2.05. The van der Waals surface area contributed by atoms with Crippen LogP contribution >= 0.6 is 0 Å². The van der Waals surface area contributed by atoms with Gasteiger partial charge in [-0.3, -0.25) is 0 Å². The van der Waals surface area contributed by atoms with Crippen LogP contribution in [0.3, 0.4) is 0 Å². The lowest BCUT2D eigenvalue weighted by Crippen LogP contribution is -2.18. The Morgan fingerprint density at radius 1 is 1.33 bits per heavy atom. The summed E-state index contributed by atoms with van der Waals surface area (Å²) >= 11 is 0. The van der Waals surface area contributed by atoms with Crippen molar-refractivity contribution in [2.75, 3.05) is 13.2 Å². The molecule has 1 unspecified atom stereocenters. The summed E-state index contributed by atoms with van der Waals surface area (Å²) in [5, 5.41) is 31.8. The van der Waals surface area contributed by atoms with Crippen LogP contribution in [0.1, 0.15) is 19.8 Å². The van der Waals surface area contributed by atoms with Gasteiger partial charge in [-0.1, -0.05) is 13.3 Å². The average molecular weight is 180 g/mol. The summed E-state index contributed by atoms with van der Waals surface area (Å²) in [5.74, 6) is -1.13. The maximum atomic E-state index is 9.84. The summed E-state index contributed by atoms with van der Waals surface area (Å²) in [7, 11) is 0. The molecule has 0 radical (unpaired) electrons. The molecule has 0 aliphatic rings. The van der Waals surface area contributed by atoms with Crippen molar-refractivity contribution in [1.29, 1.82) is 0 Å². The summed E-state index contributed by atoms with van der Waals surface area (Å²) in [6.07, 6.45) is -0.122. The zero-order chi connectivity index (χ0) is 9.98. The molecule has 5 heteroatoms. The van der Waals surface area contributed by atoms with E-state index in [9.17, 15) is 4.79 Å². The molecule has 0 rings (SSSR count). The van der Waals surface area contributed by atoms with Crippen molar-refractivity contribution < 1.29 is 25.2 Å². The van der Waals surface area contributed by atoms with Crippen molar-refractivity contribution >= 4 is 5.97 Å². The molecule has 0 bridgehead atoms. The molecule has 0 aliphatic heterocycles. The van der Waals surface area contributed by atoms with Gasteiger partial charge in [0.25, 0.3) is 0 Å². The van der Waals surface area contributed by atoms with Gasteiger partial charge in [0.05, 0.1) is 13.2 Å². The number of carbonyl (C=O) groups is 1. The molecule has 4 N–H and O–H groups in total. The maximum absolute atomic E-state index is 9.84. The van der Waals surface area contributed by atoms with Gasteiger partial charge in [-0.15, -0.1) is 0 Å². The third kappa shape index (κ3) is 12.1. The third-order valence-electron chi connectivity index (χ3n) is 0.947. The van der Waals surface area contributed by atoms with Gasteiger partial charge in [0.1, 0.15) is 0 Å². The molecule has 5 nitrogen and oxygen atoms in total. The summed E-state index contributed by atoms with van der Waals surface area (Å²) in [4.78, 5) is 9.84. The Morgan fingerprint density at radius 3 is 1.83 bits per heavy atom. The van der Waals surface area contributed by atoms with Crippen LogP contribution in [0.2, 0.25) is 0 Å². The summed E-state index contributed by atoms with van der Waals surface area (Å²) in [6, 6.07) is 0. The van der Waals surface area contributed by atoms with Gasteiger partial charge in [0.15, 0.2) is 6.10 Å². The first kappa shape index (κ1) is 13.9. The van der Waals surface area contributed by atoms with Crippen molar-refractivity contribution in [2.45, 2.75) is 25.9 Å². The predicted octanol–water partition coefficient (Wildman–Crippen LogP) is -0.797. The number of carboxylic acid groups (broad SMARTS) is 1. The van der Waals surface area contributed by atoms with E-state index in [2.05, 4.69) is 0 Å². The highest BCUT2D eigenvalue weighted by Gasteiger charge is 2.09. The van der Waals surface area contributed by atoms with Crippen LogP contribution in [0.15, 0.2) is 0 Å². The minimum absolute atomic E-state index is 0.125. The van der Waals surface area contributed by atoms with Crippen molar-refractivity contribution in [2.24, 2.45) is 0 Å². The first-order valence-electron chi connectivity index (χ1n) is 3.72. The lowest BCUT2D eigenvalue weighted by atomic mass is 10.2. The van der Waals surface area contributed by atoms with Crippen LogP contribution in [0.4, 0.5) is 0 Å². The number of aliphatic carboxylic acids is 1. The van der Waals surface area contributed by atoms with Gasteiger partial charge in [0.2, 0.25) is 0 Å². The van der Waals surface area contributed by atoms with E-state index >= 15 is 0 Å². The molecule has 0 spiro atoms. The Hall–Kier alpha value is -0.650. The second kappa shape index (κ2) is 10.3. The maximum Gasteiger partial charge on any atom is 0.332 e. The highest BCUT2D eigenvalue weighted by atomic mass is 16.4. The third-order valence-corrected chi connectivity index (χ3v) is 0.947. The monoisotopic (exact) mass is 180 g/mol. The van der Waals surface area contributed by atoms with Crippen molar-refractivity contribution in [3.63, 3.8) is 0 Å². The summed E-state index contributed by atoms with van der Waals surface area (Å²) in [5.41, 5.74) is 0. The number of aliphatic hydroxyl groups excluding tert-OH is 3. The largest absolute Gasteiger partial charge is 0.479 e. The van der Waals surface area contributed by atoms with Crippen LogP contribution < -0.4 is 0 Å². The number of hydrogen-bond acceptors (Lipinski definition) is 4. The number of rotatable bonds is 4. The van der Waals surface area contributed by atoms with Crippen LogP contribution in [0.25, 0.3) is 0 Å². The predicted molar refractivity (Wildman–Crippen MR) is 42.7 cm³/mol. The minimum atomic E-state index is -1.17. The second-order valence-electron chi connectivity index (χ2n) is 2.09. The van der Waals surface area contributed by atoms with E-state index in [1.165, 1.54) is 0 Å². The summed E-state index contributed by atoms with van der Waals surface area (Å²) in [6.45, 7) is 1.58. The molecule has 0 heterocycles. The Balaban J connectivity index is 0. The number of carboxylic acids is 1. The van der Waals surface area contributed by atoms with Crippen LogP contribution in [-0.2, 0) is 4.79 Å². The Kier molecular flexibility index (Phi) is 12.0. The van der Waals surface area contributed by atoms with Crippen molar-refractivity contribution in [1.82, 2.24) is 0 Å². The normalized spacial score (nSPS) is 11.3. The number of aliphatic hydroxyl groups is 3. The Labute approximate surface area is 71.3 Å². The van der Waals surface area contributed by atoms with Gasteiger partial charge >= 0.3 is 5.97 Å². The van der Waals surface area contributed by atoms with Gasteiger partial charge in [0, 0.05) is 0 Å². The highest BCUT2D eigenvalue weighted by molar-refractivity contribution is 5.71. The van der Waals surface area contributed by atoms with E-state index in [-0.39, 0.29) is 13.2 Å². The van der Waals surface area contributed by atoms with Crippen LogP contribution in [-0.4, -0.2) is 45.7 Å². The van der Waals surface area contributed by atoms with E-state index in [0.29, 0.717) is 12.8 Å². The molecule has 0 amide bonds. The highest BCUT2D eigenvalue weighted by Crippen LogP contribution is 1.93. The van der Waals surface area contributed by atoms with Crippen molar-refractivity contribution in [3.05, 3.63) is 0 Å². The molecule has 0 saturated heterocycles. The quantitative estimate of drug-likeness (QED) is 0.454. The van der Waals surface area contributed by atoms with Crippen LogP contribution in [0.5, 0.6) is 0 Å². The Morgan fingerprint density at radius 2 is 1.75 bits per heavy atom. The number of hydrogen-bond donors (Lipinski definition) is 4. The van der Waals surface area contributed by atoms with Gasteiger partial charge in [-0.05, 0) is 6.42 Å². The van der Waals surface area contributed by atoms with E-state index < -0.39 is 12.1 Å². The fourth-order valence-corrected chi connectivity index (χ4v) is 0.397. The molecule has 0 aromatic carbocycles. The van der Waals surface area contributed by atoms with E-state index in [1.807, 2.05) is 6.92 Å². The fourth-order valence-electron chi connectivity index (χ4n) is 0.397. The molecular weight excluding hydrogens is 164 g/mol. The molecule has 74 valence electrons. The van der Waals surface area contributed by atoms with Gasteiger partial charge in [-0.2, -0.15) is 0 Å². The molecule has 0 saturated carbocycles. The van der Waals surface area contributed by atoms with E-state index in [1.54, 1.807) is 0 Å².